The zero-order valence-electron chi connectivity index (χ0n) is 11.7. The van der Waals surface area contributed by atoms with Crippen molar-refractivity contribution in [2.45, 2.75) is 30.9 Å². The van der Waals surface area contributed by atoms with Crippen molar-refractivity contribution in [3.63, 3.8) is 0 Å². The lowest BCUT2D eigenvalue weighted by Crippen LogP contribution is -2.40. The smallest absolute Gasteiger partial charge is 0.173 e. The van der Waals surface area contributed by atoms with Gasteiger partial charge in [-0.1, -0.05) is 31.1 Å². The van der Waals surface area contributed by atoms with Crippen LogP contribution in [0.4, 0.5) is 4.39 Å². The maximum atomic E-state index is 14.4. The quantitative estimate of drug-likeness (QED) is 0.389. The second kappa shape index (κ2) is 6.45. The summed E-state index contributed by atoms with van der Waals surface area (Å²) in [4.78, 5) is 2.25. The van der Waals surface area contributed by atoms with Gasteiger partial charge in [0.15, 0.2) is 5.84 Å². The first-order valence-corrected chi connectivity index (χ1v) is 7.58. The SMILES string of the molecule is CC1CN(Cc2cccc(/C(N)=N/O)c2F)CC(C)S1. The molecule has 2 atom stereocenters. The van der Waals surface area contributed by atoms with Gasteiger partial charge in [-0.3, -0.25) is 4.90 Å². The van der Waals surface area contributed by atoms with Crippen LogP contribution in [0, 0.1) is 5.82 Å². The molecule has 1 aromatic rings. The van der Waals surface area contributed by atoms with Gasteiger partial charge in [-0.25, -0.2) is 4.39 Å². The predicted octanol–water partition coefficient (Wildman–Crippen LogP) is 2.25. The summed E-state index contributed by atoms with van der Waals surface area (Å²) in [5, 5.41) is 12.6. The van der Waals surface area contributed by atoms with Crippen LogP contribution < -0.4 is 5.73 Å². The van der Waals surface area contributed by atoms with Gasteiger partial charge in [-0.05, 0) is 6.07 Å². The number of hydrogen-bond donors (Lipinski definition) is 2. The first-order valence-electron chi connectivity index (χ1n) is 6.64. The molecule has 2 rings (SSSR count). The monoisotopic (exact) mass is 297 g/mol. The van der Waals surface area contributed by atoms with Crippen molar-refractivity contribution < 1.29 is 9.60 Å². The molecule has 20 heavy (non-hydrogen) atoms. The summed E-state index contributed by atoms with van der Waals surface area (Å²) in [6.45, 7) is 6.82. The van der Waals surface area contributed by atoms with E-state index in [4.69, 9.17) is 10.9 Å². The predicted molar refractivity (Wildman–Crippen MR) is 80.7 cm³/mol. The van der Waals surface area contributed by atoms with Gasteiger partial charge in [0.2, 0.25) is 0 Å². The van der Waals surface area contributed by atoms with E-state index in [2.05, 4.69) is 23.9 Å². The molecule has 3 N–H and O–H groups in total. The molecule has 0 amide bonds. The molecule has 0 radical (unpaired) electrons. The molecular formula is C14H20FN3OS. The van der Waals surface area contributed by atoms with E-state index in [1.165, 1.54) is 6.07 Å². The third-order valence-electron chi connectivity index (χ3n) is 3.35. The van der Waals surface area contributed by atoms with Gasteiger partial charge in [-0.15, -0.1) is 0 Å². The largest absolute Gasteiger partial charge is 0.409 e. The molecular weight excluding hydrogens is 277 g/mol. The van der Waals surface area contributed by atoms with Crippen molar-refractivity contribution in [1.29, 1.82) is 0 Å². The van der Waals surface area contributed by atoms with Crippen LogP contribution in [0.1, 0.15) is 25.0 Å². The van der Waals surface area contributed by atoms with Crippen LogP contribution in [0.25, 0.3) is 0 Å². The lowest BCUT2D eigenvalue weighted by molar-refractivity contribution is 0.259. The van der Waals surface area contributed by atoms with Crippen LogP contribution in [0.3, 0.4) is 0 Å². The molecule has 0 bridgehead atoms. The molecule has 0 aliphatic carbocycles. The summed E-state index contributed by atoms with van der Waals surface area (Å²) in [5.74, 6) is -0.596. The molecule has 4 nitrogen and oxygen atoms in total. The molecule has 6 heteroatoms. The third kappa shape index (κ3) is 3.43. The summed E-state index contributed by atoms with van der Waals surface area (Å²) >= 11 is 1.96. The first kappa shape index (κ1) is 15.1. The van der Waals surface area contributed by atoms with E-state index in [0.717, 1.165) is 13.1 Å². The number of nitrogens with zero attached hydrogens (tertiary/aromatic N) is 2. The Morgan fingerprint density at radius 2 is 2.10 bits per heavy atom. The van der Waals surface area contributed by atoms with Crippen molar-refractivity contribution in [2.75, 3.05) is 13.1 Å². The number of benzene rings is 1. The van der Waals surface area contributed by atoms with E-state index in [1.54, 1.807) is 12.1 Å². The summed E-state index contributed by atoms with van der Waals surface area (Å²) in [6.07, 6.45) is 0. The molecule has 0 saturated carbocycles. The number of oxime groups is 1. The maximum Gasteiger partial charge on any atom is 0.173 e. The average Bonchev–Trinajstić information content (AvgIpc) is 2.39. The Morgan fingerprint density at radius 1 is 1.45 bits per heavy atom. The standard InChI is InChI=1S/C14H20FN3OS/c1-9-6-18(7-10(2)20-9)8-11-4-3-5-12(13(11)15)14(16)17-19/h3-5,9-10,19H,6-8H2,1-2H3,(H2,16,17). The van der Waals surface area contributed by atoms with Gasteiger partial charge in [0, 0.05) is 35.7 Å². The highest BCUT2D eigenvalue weighted by atomic mass is 32.2. The van der Waals surface area contributed by atoms with Crippen LogP contribution in [0.5, 0.6) is 0 Å². The van der Waals surface area contributed by atoms with Crippen molar-refractivity contribution in [2.24, 2.45) is 10.9 Å². The molecule has 1 saturated heterocycles. The minimum atomic E-state index is -0.402. The van der Waals surface area contributed by atoms with Gasteiger partial charge in [0.25, 0.3) is 0 Å². The van der Waals surface area contributed by atoms with E-state index in [-0.39, 0.29) is 11.4 Å². The zero-order valence-corrected chi connectivity index (χ0v) is 12.5. The Labute approximate surface area is 122 Å². The highest BCUT2D eigenvalue weighted by molar-refractivity contribution is 8.00. The Morgan fingerprint density at radius 3 is 2.70 bits per heavy atom. The summed E-state index contributed by atoms with van der Waals surface area (Å²) < 4.78 is 14.4. The normalized spacial score (nSPS) is 24.9. The highest BCUT2D eigenvalue weighted by Crippen LogP contribution is 2.26. The van der Waals surface area contributed by atoms with Gasteiger partial charge in [0.05, 0.1) is 5.56 Å². The van der Waals surface area contributed by atoms with E-state index in [1.807, 2.05) is 11.8 Å². The Hall–Kier alpha value is -1.27. The van der Waals surface area contributed by atoms with Crippen molar-refractivity contribution in [1.82, 2.24) is 4.90 Å². The van der Waals surface area contributed by atoms with Gasteiger partial charge >= 0.3 is 0 Å². The minimum Gasteiger partial charge on any atom is -0.409 e. The van der Waals surface area contributed by atoms with Crippen molar-refractivity contribution in [3.05, 3.63) is 35.1 Å². The topological polar surface area (TPSA) is 61.8 Å². The van der Waals surface area contributed by atoms with E-state index in [0.29, 0.717) is 22.6 Å². The number of rotatable bonds is 3. The zero-order chi connectivity index (χ0) is 14.7. The molecule has 1 aliphatic heterocycles. The molecule has 1 aliphatic rings. The fraction of sp³-hybridized carbons (Fsp3) is 0.500. The van der Waals surface area contributed by atoms with Crippen LogP contribution in [-0.4, -0.2) is 39.5 Å². The molecule has 110 valence electrons. The molecule has 0 spiro atoms. The summed E-state index contributed by atoms with van der Waals surface area (Å²) in [7, 11) is 0. The Kier molecular flexibility index (Phi) is 4.88. The van der Waals surface area contributed by atoms with Crippen molar-refractivity contribution >= 4 is 17.6 Å². The molecule has 0 aromatic heterocycles. The summed E-state index contributed by atoms with van der Waals surface area (Å²) in [5.41, 5.74) is 6.22. The maximum absolute atomic E-state index is 14.4. The Balaban J connectivity index is 2.17. The van der Waals surface area contributed by atoms with Crippen molar-refractivity contribution in [3.8, 4) is 0 Å². The number of amidine groups is 1. The van der Waals surface area contributed by atoms with Gasteiger partial charge in [0.1, 0.15) is 5.82 Å². The number of thioether (sulfide) groups is 1. The lowest BCUT2D eigenvalue weighted by atomic mass is 10.1. The van der Waals surface area contributed by atoms with Crippen LogP contribution in [0.2, 0.25) is 0 Å². The Bertz CT molecular complexity index is 499. The lowest BCUT2D eigenvalue weighted by Gasteiger charge is -2.34. The fourth-order valence-electron chi connectivity index (χ4n) is 2.61. The second-order valence-electron chi connectivity index (χ2n) is 5.22. The van der Waals surface area contributed by atoms with Crippen LogP contribution in [-0.2, 0) is 6.54 Å². The van der Waals surface area contributed by atoms with Gasteiger partial charge < -0.3 is 10.9 Å². The van der Waals surface area contributed by atoms with E-state index >= 15 is 0 Å². The van der Waals surface area contributed by atoms with E-state index in [9.17, 15) is 4.39 Å². The first-order chi connectivity index (χ1) is 9.51. The van der Waals surface area contributed by atoms with Crippen LogP contribution >= 0.6 is 11.8 Å². The van der Waals surface area contributed by atoms with Crippen LogP contribution in [0.15, 0.2) is 23.4 Å². The highest BCUT2D eigenvalue weighted by Gasteiger charge is 2.23. The number of halogens is 1. The molecule has 1 heterocycles. The fourth-order valence-corrected chi connectivity index (χ4v) is 3.99. The molecule has 1 aromatic carbocycles. The molecule has 1 fully saturated rings. The third-order valence-corrected chi connectivity index (χ3v) is 4.58. The number of hydrogen-bond acceptors (Lipinski definition) is 4. The number of nitrogens with two attached hydrogens (primary N) is 1. The summed E-state index contributed by atoms with van der Waals surface area (Å²) in [6, 6.07) is 5.00. The van der Waals surface area contributed by atoms with E-state index < -0.39 is 5.82 Å². The molecule has 2 unspecified atom stereocenters. The van der Waals surface area contributed by atoms with Gasteiger partial charge in [-0.2, -0.15) is 11.8 Å². The average molecular weight is 297 g/mol. The second-order valence-corrected chi connectivity index (χ2v) is 7.10. The minimum absolute atomic E-state index is 0.150.